The number of hydroxylamine groups is 1. The van der Waals surface area contributed by atoms with Gasteiger partial charge in [0.15, 0.2) is 0 Å². The zero-order valence-corrected chi connectivity index (χ0v) is 12.7. The Morgan fingerprint density at radius 2 is 2.00 bits per heavy atom. The molecule has 1 aromatic carbocycles. The first-order chi connectivity index (χ1) is 10.3. The lowest BCUT2D eigenvalue weighted by Crippen LogP contribution is -2.39. The molecule has 0 spiro atoms. The zero-order chi connectivity index (χ0) is 14.9. The molecule has 0 heterocycles. The van der Waals surface area contributed by atoms with Gasteiger partial charge in [0.25, 0.3) is 0 Å². The molecule has 1 N–H and O–H groups in total. The Morgan fingerprint density at radius 3 is 2.76 bits per heavy atom. The summed E-state index contributed by atoms with van der Waals surface area (Å²) in [5.74, 6) is 0.216. The highest BCUT2D eigenvalue weighted by molar-refractivity contribution is 5.69. The number of hydrogen-bond donors (Lipinski definition) is 1. The van der Waals surface area contributed by atoms with Gasteiger partial charge in [0.2, 0.25) is 0 Å². The van der Waals surface area contributed by atoms with Crippen molar-refractivity contribution in [3.8, 4) is 0 Å². The van der Waals surface area contributed by atoms with Gasteiger partial charge in [-0.2, -0.15) is 5.48 Å². The van der Waals surface area contributed by atoms with Crippen LogP contribution in [0.4, 0.5) is 0 Å². The van der Waals surface area contributed by atoms with E-state index in [0.29, 0.717) is 25.6 Å². The largest absolute Gasteiger partial charge is 0.466 e. The second-order valence-electron chi connectivity index (χ2n) is 5.55. The fraction of sp³-hybridized carbons (Fsp3) is 0.588. The maximum Gasteiger partial charge on any atom is 0.306 e. The van der Waals surface area contributed by atoms with E-state index in [1.807, 2.05) is 37.3 Å². The van der Waals surface area contributed by atoms with Crippen LogP contribution in [0, 0.1) is 5.92 Å². The van der Waals surface area contributed by atoms with Crippen molar-refractivity contribution in [1.29, 1.82) is 0 Å². The molecule has 0 aliphatic heterocycles. The normalized spacial score (nSPS) is 22.0. The molecule has 0 bridgehead atoms. The summed E-state index contributed by atoms with van der Waals surface area (Å²) in [4.78, 5) is 17.3. The Balaban J connectivity index is 1.77. The Morgan fingerprint density at radius 1 is 1.24 bits per heavy atom. The molecule has 4 nitrogen and oxygen atoms in total. The summed E-state index contributed by atoms with van der Waals surface area (Å²) in [6.07, 6.45) is 4.97. The van der Waals surface area contributed by atoms with Crippen molar-refractivity contribution < 1.29 is 14.4 Å². The molecule has 0 unspecified atom stereocenters. The van der Waals surface area contributed by atoms with Crippen LogP contribution < -0.4 is 5.48 Å². The number of benzene rings is 1. The zero-order valence-electron chi connectivity index (χ0n) is 12.7. The Hall–Kier alpha value is -1.39. The summed E-state index contributed by atoms with van der Waals surface area (Å²) in [5.41, 5.74) is 4.30. The molecule has 4 heteroatoms. The molecule has 21 heavy (non-hydrogen) atoms. The maximum atomic E-state index is 11.7. The summed E-state index contributed by atoms with van der Waals surface area (Å²) in [6, 6.07) is 10.3. The van der Waals surface area contributed by atoms with E-state index in [1.165, 1.54) is 12.8 Å². The number of ether oxygens (including phenoxy) is 1. The molecule has 1 fully saturated rings. The third-order valence-electron chi connectivity index (χ3n) is 3.96. The molecular weight excluding hydrogens is 266 g/mol. The number of hydrogen-bond acceptors (Lipinski definition) is 4. The van der Waals surface area contributed by atoms with Crippen LogP contribution in [0.25, 0.3) is 0 Å². The van der Waals surface area contributed by atoms with E-state index in [2.05, 4.69) is 5.48 Å². The number of esters is 1. The first-order valence-electron chi connectivity index (χ1n) is 7.86. The van der Waals surface area contributed by atoms with Gasteiger partial charge in [0, 0.05) is 12.5 Å². The number of carbonyl (C=O) groups is 1. The van der Waals surface area contributed by atoms with Gasteiger partial charge in [-0.05, 0) is 31.2 Å². The van der Waals surface area contributed by atoms with Gasteiger partial charge in [-0.15, -0.1) is 0 Å². The predicted octanol–water partition coefficient (Wildman–Crippen LogP) is 3.22. The summed E-state index contributed by atoms with van der Waals surface area (Å²) < 4.78 is 5.06. The SMILES string of the molecule is CCOC(=O)C[C@@H]1CCCC[C@H]1NOCc1ccccc1. The van der Waals surface area contributed by atoms with Crippen molar-refractivity contribution in [2.75, 3.05) is 6.61 Å². The minimum atomic E-state index is -0.0979. The molecule has 0 saturated heterocycles. The van der Waals surface area contributed by atoms with Gasteiger partial charge >= 0.3 is 5.97 Å². The average molecular weight is 291 g/mol. The van der Waals surface area contributed by atoms with E-state index in [4.69, 9.17) is 9.57 Å². The summed E-state index contributed by atoms with van der Waals surface area (Å²) in [6.45, 7) is 2.84. The maximum absolute atomic E-state index is 11.7. The number of rotatable bonds is 7. The van der Waals surface area contributed by atoms with Crippen molar-refractivity contribution in [1.82, 2.24) is 5.48 Å². The van der Waals surface area contributed by atoms with Gasteiger partial charge in [0.1, 0.15) is 0 Å². The first-order valence-corrected chi connectivity index (χ1v) is 7.86. The molecule has 1 aliphatic rings. The van der Waals surface area contributed by atoms with Crippen LogP contribution in [0.1, 0.15) is 44.6 Å². The first kappa shape index (κ1) is 16.0. The topological polar surface area (TPSA) is 47.6 Å². The van der Waals surface area contributed by atoms with E-state index >= 15 is 0 Å². The van der Waals surface area contributed by atoms with Crippen LogP contribution in [-0.4, -0.2) is 18.6 Å². The van der Waals surface area contributed by atoms with Crippen LogP contribution in [0.2, 0.25) is 0 Å². The highest BCUT2D eigenvalue weighted by Crippen LogP contribution is 2.27. The van der Waals surface area contributed by atoms with E-state index in [0.717, 1.165) is 18.4 Å². The van der Waals surface area contributed by atoms with Gasteiger partial charge in [-0.3, -0.25) is 9.63 Å². The lowest BCUT2D eigenvalue weighted by atomic mass is 9.83. The van der Waals surface area contributed by atoms with Crippen molar-refractivity contribution in [3.63, 3.8) is 0 Å². The number of carbonyl (C=O) groups excluding carboxylic acids is 1. The third kappa shape index (κ3) is 5.48. The molecule has 1 saturated carbocycles. The lowest BCUT2D eigenvalue weighted by molar-refractivity contribution is -0.145. The Bertz CT molecular complexity index is 421. The highest BCUT2D eigenvalue weighted by Gasteiger charge is 2.27. The quantitative estimate of drug-likeness (QED) is 0.619. The van der Waals surface area contributed by atoms with Crippen molar-refractivity contribution in [2.24, 2.45) is 5.92 Å². The Labute approximate surface area is 126 Å². The molecule has 0 amide bonds. The van der Waals surface area contributed by atoms with Crippen LogP contribution >= 0.6 is 0 Å². The molecule has 0 radical (unpaired) electrons. The molecule has 116 valence electrons. The molecule has 1 aliphatic carbocycles. The predicted molar refractivity (Wildman–Crippen MR) is 81.4 cm³/mol. The fourth-order valence-electron chi connectivity index (χ4n) is 2.85. The molecular formula is C17H25NO3. The van der Waals surface area contributed by atoms with Crippen LogP contribution in [0.5, 0.6) is 0 Å². The second-order valence-corrected chi connectivity index (χ2v) is 5.55. The van der Waals surface area contributed by atoms with Crippen molar-refractivity contribution in [2.45, 2.75) is 51.7 Å². The van der Waals surface area contributed by atoms with E-state index in [-0.39, 0.29) is 12.0 Å². The van der Waals surface area contributed by atoms with E-state index in [9.17, 15) is 4.79 Å². The highest BCUT2D eigenvalue weighted by atomic mass is 16.6. The van der Waals surface area contributed by atoms with Crippen LogP contribution in [-0.2, 0) is 21.0 Å². The van der Waals surface area contributed by atoms with Gasteiger partial charge < -0.3 is 4.74 Å². The van der Waals surface area contributed by atoms with E-state index < -0.39 is 0 Å². The molecule has 2 atom stereocenters. The van der Waals surface area contributed by atoms with Gasteiger partial charge in [-0.1, -0.05) is 43.2 Å². The van der Waals surface area contributed by atoms with Gasteiger partial charge in [-0.25, -0.2) is 0 Å². The summed E-state index contributed by atoms with van der Waals surface area (Å²) >= 11 is 0. The van der Waals surface area contributed by atoms with E-state index in [1.54, 1.807) is 0 Å². The standard InChI is InChI=1S/C17H25NO3/c1-2-20-17(19)12-15-10-6-7-11-16(15)18-21-13-14-8-4-3-5-9-14/h3-5,8-9,15-16,18H,2,6-7,10-13H2,1H3/t15-,16+/m0/s1. The fourth-order valence-corrected chi connectivity index (χ4v) is 2.85. The Kier molecular flexibility index (Phi) is 6.70. The number of nitrogens with one attached hydrogen (secondary N) is 1. The molecule has 0 aromatic heterocycles. The summed E-state index contributed by atoms with van der Waals surface area (Å²) in [5, 5.41) is 0. The van der Waals surface area contributed by atoms with Crippen LogP contribution in [0.15, 0.2) is 30.3 Å². The smallest absolute Gasteiger partial charge is 0.306 e. The lowest BCUT2D eigenvalue weighted by Gasteiger charge is -2.31. The third-order valence-corrected chi connectivity index (χ3v) is 3.96. The average Bonchev–Trinajstić information content (AvgIpc) is 2.50. The summed E-state index contributed by atoms with van der Waals surface area (Å²) in [7, 11) is 0. The molecule has 1 aromatic rings. The van der Waals surface area contributed by atoms with Gasteiger partial charge in [0.05, 0.1) is 13.2 Å². The molecule has 2 rings (SSSR count). The monoisotopic (exact) mass is 291 g/mol. The van der Waals surface area contributed by atoms with Crippen LogP contribution in [0.3, 0.4) is 0 Å². The van der Waals surface area contributed by atoms with Crippen molar-refractivity contribution in [3.05, 3.63) is 35.9 Å². The second kappa shape index (κ2) is 8.80. The van der Waals surface area contributed by atoms with Crippen molar-refractivity contribution >= 4 is 5.97 Å². The minimum Gasteiger partial charge on any atom is -0.466 e. The minimum absolute atomic E-state index is 0.0979.